The number of hydrogen-bond donors (Lipinski definition) is 0. The second-order valence-corrected chi connectivity index (χ2v) is 5.63. The van der Waals surface area contributed by atoms with E-state index in [-0.39, 0.29) is 12.4 Å². The largest absolute Gasteiger partial charge is 0.489 e. The van der Waals surface area contributed by atoms with Crippen LogP contribution in [-0.2, 0) is 6.61 Å². The zero-order valence-electron chi connectivity index (χ0n) is 11.0. The second-order valence-electron chi connectivity index (χ2n) is 4.72. The third kappa shape index (κ3) is 3.57. The fraction of sp³-hybridized carbons (Fsp3) is 0.250. The highest BCUT2D eigenvalue weighted by atomic mass is 79.9. The Kier molecular flexibility index (Phi) is 4.59. The molecular formula is C16H16BrFO. The number of rotatable bonds is 4. The lowest BCUT2D eigenvalue weighted by Crippen LogP contribution is -2.01. The summed E-state index contributed by atoms with van der Waals surface area (Å²) in [5.41, 5.74) is 1.69. The smallest absolute Gasteiger partial charge is 0.129 e. The summed E-state index contributed by atoms with van der Waals surface area (Å²) >= 11 is 3.34. The molecule has 0 spiro atoms. The number of ether oxygens (including phenoxy) is 1. The van der Waals surface area contributed by atoms with Gasteiger partial charge in [-0.15, -0.1) is 0 Å². The number of para-hydroxylation sites is 1. The molecule has 2 rings (SSSR count). The second kappa shape index (κ2) is 6.20. The van der Waals surface area contributed by atoms with Gasteiger partial charge in [-0.05, 0) is 35.7 Å². The first-order chi connectivity index (χ1) is 9.08. The van der Waals surface area contributed by atoms with Gasteiger partial charge in [0.05, 0.1) is 0 Å². The van der Waals surface area contributed by atoms with Gasteiger partial charge >= 0.3 is 0 Å². The van der Waals surface area contributed by atoms with Crippen LogP contribution in [0.25, 0.3) is 0 Å². The fourth-order valence-corrected chi connectivity index (χ4v) is 2.31. The molecule has 0 unspecified atom stereocenters. The van der Waals surface area contributed by atoms with E-state index in [1.807, 2.05) is 24.3 Å². The maximum atomic E-state index is 13.6. The van der Waals surface area contributed by atoms with Crippen LogP contribution in [0.3, 0.4) is 0 Å². The summed E-state index contributed by atoms with van der Waals surface area (Å²) in [7, 11) is 0. The molecule has 0 fully saturated rings. The first-order valence-electron chi connectivity index (χ1n) is 6.23. The number of halogens is 2. The Morgan fingerprint density at radius 1 is 1.16 bits per heavy atom. The van der Waals surface area contributed by atoms with Crippen molar-refractivity contribution < 1.29 is 9.13 Å². The molecule has 0 aliphatic heterocycles. The minimum atomic E-state index is -0.245. The zero-order chi connectivity index (χ0) is 13.8. The third-order valence-electron chi connectivity index (χ3n) is 2.93. The van der Waals surface area contributed by atoms with Crippen molar-refractivity contribution in [2.24, 2.45) is 0 Å². The minimum Gasteiger partial charge on any atom is -0.489 e. The Balaban J connectivity index is 2.17. The van der Waals surface area contributed by atoms with Crippen molar-refractivity contribution in [1.29, 1.82) is 0 Å². The molecule has 1 nitrogen and oxygen atoms in total. The van der Waals surface area contributed by atoms with Crippen LogP contribution >= 0.6 is 15.9 Å². The molecule has 0 bridgehead atoms. The van der Waals surface area contributed by atoms with Gasteiger partial charge < -0.3 is 4.74 Å². The van der Waals surface area contributed by atoms with Crippen molar-refractivity contribution in [2.75, 3.05) is 0 Å². The zero-order valence-corrected chi connectivity index (χ0v) is 12.6. The maximum Gasteiger partial charge on any atom is 0.129 e. The van der Waals surface area contributed by atoms with Crippen LogP contribution in [0.15, 0.2) is 46.9 Å². The Bertz CT molecular complexity index is 566. The highest BCUT2D eigenvalue weighted by Gasteiger charge is 2.09. The highest BCUT2D eigenvalue weighted by molar-refractivity contribution is 9.10. The fourth-order valence-electron chi connectivity index (χ4n) is 1.90. The van der Waals surface area contributed by atoms with Gasteiger partial charge in [-0.1, -0.05) is 48.0 Å². The maximum absolute atomic E-state index is 13.6. The molecule has 0 saturated heterocycles. The molecule has 19 heavy (non-hydrogen) atoms. The molecule has 3 heteroatoms. The van der Waals surface area contributed by atoms with Crippen molar-refractivity contribution in [2.45, 2.75) is 26.4 Å². The number of hydrogen-bond acceptors (Lipinski definition) is 1. The monoisotopic (exact) mass is 322 g/mol. The minimum absolute atomic E-state index is 0.231. The standard InChI is InChI=1S/C16H16BrFO/c1-11(2)14-5-3-4-6-16(14)19-10-12-9-13(17)7-8-15(12)18/h3-9,11H,10H2,1-2H3. The van der Waals surface area contributed by atoms with Crippen molar-refractivity contribution >= 4 is 15.9 Å². The number of benzene rings is 2. The Morgan fingerprint density at radius 3 is 2.63 bits per heavy atom. The summed E-state index contributed by atoms with van der Waals surface area (Å²) < 4.78 is 20.2. The molecule has 0 heterocycles. The first-order valence-corrected chi connectivity index (χ1v) is 7.03. The van der Waals surface area contributed by atoms with E-state index < -0.39 is 0 Å². The van der Waals surface area contributed by atoms with E-state index in [2.05, 4.69) is 29.8 Å². The predicted octanol–water partition coefficient (Wildman–Crippen LogP) is 5.29. The van der Waals surface area contributed by atoms with Gasteiger partial charge in [0.2, 0.25) is 0 Å². The first kappa shape index (κ1) is 14.1. The highest BCUT2D eigenvalue weighted by Crippen LogP contribution is 2.27. The Morgan fingerprint density at radius 2 is 1.89 bits per heavy atom. The molecule has 0 atom stereocenters. The normalized spacial score (nSPS) is 10.8. The van der Waals surface area contributed by atoms with Crippen molar-refractivity contribution in [3.63, 3.8) is 0 Å². The van der Waals surface area contributed by atoms with Crippen molar-refractivity contribution in [1.82, 2.24) is 0 Å². The van der Waals surface area contributed by atoms with Crippen LogP contribution in [0.2, 0.25) is 0 Å². The van der Waals surface area contributed by atoms with E-state index in [9.17, 15) is 4.39 Å². The molecule has 100 valence electrons. The van der Waals surface area contributed by atoms with Crippen LogP contribution in [-0.4, -0.2) is 0 Å². The average molecular weight is 323 g/mol. The molecule has 0 amide bonds. The SMILES string of the molecule is CC(C)c1ccccc1OCc1cc(Br)ccc1F. The Hall–Kier alpha value is -1.35. The molecule has 0 N–H and O–H groups in total. The van der Waals surface area contributed by atoms with E-state index >= 15 is 0 Å². The van der Waals surface area contributed by atoms with Crippen molar-refractivity contribution in [3.8, 4) is 5.75 Å². The van der Waals surface area contributed by atoms with Crippen LogP contribution < -0.4 is 4.74 Å². The van der Waals surface area contributed by atoms with Gasteiger partial charge in [0.15, 0.2) is 0 Å². The van der Waals surface area contributed by atoms with Gasteiger partial charge in [0.1, 0.15) is 18.2 Å². The molecule has 0 saturated carbocycles. The van der Waals surface area contributed by atoms with E-state index in [1.165, 1.54) is 6.07 Å². The van der Waals surface area contributed by atoms with Crippen LogP contribution in [0.1, 0.15) is 30.9 Å². The summed E-state index contributed by atoms with van der Waals surface area (Å²) in [4.78, 5) is 0. The summed E-state index contributed by atoms with van der Waals surface area (Å²) in [6.07, 6.45) is 0. The van der Waals surface area contributed by atoms with Gasteiger partial charge in [-0.25, -0.2) is 4.39 Å². The summed E-state index contributed by atoms with van der Waals surface area (Å²) in [5.74, 6) is 0.950. The molecule has 0 aliphatic carbocycles. The quantitative estimate of drug-likeness (QED) is 0.743. The third-order valence-corrected chi connectivity index (χ3v) is 3.43. The van der Waals surface area contributed by atoms with Gasteiger partial charge in [0.25, 0.3) is 0 Å². The van der Waals surface area contributed by atoms with E-state index in [0.717, 1.165) is 15.8 Å². The predicted molar refractivity (Wildman–Crippen MR) is 79.0 cm³/mol. The average Bonchev–Trinajstić information content (AvgIpc) is 2.40. The van der Waals surface area contributed by atoms with Crippen LogP contribution in [0, 0.1) is 5.82 Å². The molecule has 2 aromatic carbocycles. The molecule has 0 radical (unpaired) electrons. The lowest BCUT2D eigenvalue weighted by atomic mass is 10.0. The molecule has 0 aromatic heterocycles. The summed E-state index contributed by atoms with van der Waals surface area (Å²) in [5, 5.41) is 0. The lowest BCUT2D eigenvalue weighted by Gasteiger charge is -2.14. The van der Waals surface area contributed by atoms with Gasteiger partial charge in [0, 0.05) is 10.0 Å². The van der Waals surface area contributed by atoms with E-state index in [4.69, 9.17) is 4.74 Å². The summed E-state index contributed by atoms with van der Waals surface area (Å²) in [6.45, 7) is 4.46. The van der Waals surface area contributed by atoms with Gasteiger partial charge in [-0.2, -0.15) is 0 Å². The molecule has 2 aromatic rings. The van der Waals surface area contributed by atoms with Gasteiger partial charge in [-0.3, -0.25) is 0 Å². The van der Waals surface area contributed by atoms with Crippen LogP contribution in [0.5, 0.6) is 5.75 Å². The lowest BCUT2D eigenvalue weighted by molar-refractivity contribution is 0.295. The molecular weight excluding hydrogens is 307 g/mol. The van der Waals surface area contributed by atoms with E-state index in [1.54, 1.807) is 12.1 Å². The van der Waals surface area contributed by atoms with Crippen LogP contribution in [0.4, 0.5) is 4.39 Å². The molecule has 0 aliphatic rings. The topological polar surface area (TPSA) is 9.23 Å². The Labute approximate surface area is 121 Å². The van der Waals surface area contributed by atoms with E-state index in [0.29, 0.717) is 11.5 Å². The summed E-state index contributed by atoms with van der Waals surface area (Å²) in [6, 6.07) is 12.7. The van der Waals surface area contributed by atoms with Crippen molar-refractivity contribution in [3.05, 3.63) is 63.9 Å².